The molecule has 0 atom stereocenters. The van der Waals surface area contributed by atoms with Crippen molar-refractivity contribution >= 4 is 35.8 Å². The van der Waals surface area contributed by atoms with E-state index >= 15 is 0 Å². The SMILES string of the molecule is CC(C)(C)NC(N)=NCC(=O)NCc1ccco1.I. The molecule has 108 valence electrons. The van der Waals surface area contributed by atoms with Crippen LogP contribution in [0.5, 0.6) is 0 Å². The molecule has 0 saturated carbocycles. The molecule has 0 unspecified atom stereocenters. The number of carbonyl (C=O) groups excluding carboxylic acids is 1. The Hall–Kier alpha value is -1.25. The number of carbonyl (C=O) groups is 1. The first-order valence-electron chi connectivity index (χ1n) is 5.74. The Morgan fingerprint density at radius 2 is 2.16 bits per heavy atom. The van der Waals surface area contributed by atoms with Crippen molar-refractivity contribution in [2.45, 2.75) is 32.9 Å². The number of aliphatic imine (C=N–C) groups is 1. The van der Waals surface area contributed by atoms with Crippen LogP contribution >= 0.6 is 24.0 Å². The third kappa shape index (κ3) is 8.46. The van der Waals surface area contributed by atoms with E-state index in [4.69, 9.17) is 10.2 Å². The van der Waals surface area contributed by atoms with Crippen LogP contribution in [0.15, 0.2) is 27.8 Å². The summed E-state index contributed by atoms with van der Waals surface area (Å²) in [5.41, 5.74) is 5.47. The number of amides is 1. The van der Waals surface area contributed by atoms with Crippen molar-refractivity contribution in [3.8, 4) is 0 Å². The highest BCUT2D eigenvalue weighted by Gasteiger charge is 2.10. The minimum atomic E-state index is -0.204. The summed E-state index contributed by atoms with van der Waals surface area (Å²) in [5.74, 6) is 0.758. The van der Waals surface area contributed by atoms with E-state index in [1.165, 1.54) is 0 Å². The number of nitrogens with one attached hydrogen (secondary N) is 2. The lowest BCUT2D eigenvalue weighted by Crippen LogP contribution is -2.45. The second-order valence-corrected chi connectivity index (χ2v) is 4.93. The zero-order chi connectivity index (χ0) is 13.6. The van der Waals surface area contributed by atoms with Crippen LogP contribution in [0.25, 0.3) is 0 Å². The van der Waals surface area contributed by atoms with Crippen LogP contribution in [0.4, 0.5) is 0 Å². The minimum absolute atomic E-state index is 0. The third-order valence-electron chi connectivity index (χ3n) is 1.94. The number of hydrogen-bond donors (Lipinski definition) is 3. The summed E-state index contributed by atoms with van der Waals surface area (Å²) >= 11 is 0. The zero-order valence-electron chi connectivity index (χ0n) is 11.4. The Morgan fingerprint density at radius 1 is 1.47 bits per heavy atom. The predicted octanol–water partition coefficient (Wildman–Crippen LogP) is 1.22. The van der Waals surface area contributed by atoms with Gasteiger partial charge < -0.3 is 20.8 Å². The molecule has 1 rings (SSSR count). The minimum Gasteiger partial charge on any atom is -0.467 e. The number of rotatable bonds is 4. The normalized spacial score (nSPS) is 11.6. The number of furan rings is 1. The summed E-state index contributed by atoms with van der Waals surface area (Å²) in [4.78, 5) is 15.4. The molecule has 1 aromatic rings. The lowest BCUT2D eigenvalue weighted by atomic mass is 10.1. The molecule has 0 saturated heterocycles. The van der Waals surface area contributed by atoms with E-state index in [2.05, 4.69) is 15.6 Å². The van der Waals surface area contributed by atoms with Gasteiger partial charge in [0, 0.05) is 5.54 Å². The van der Waals surface area contributed by atoms with Crippen molar-refractivity contribution < 1.29 is 9.21 Å². The van der Waals surface area contributed by atoms with E-state index in [0.717, 1.165) is 0 Å². The lowest BCUT2D eigenvalue weighted by molar-refractivity contribution is -0.119. The van der Waals surface area contributed by atoms with Gasteiger partial charge in [-0.1, -0.05) is 0 Å². The van der Waals surface area contributed by atoms with Crippen LogP contribution in [0.3, 0.4) is 0 Å². The lowest BCUT2D eigenvalue weighted by Gasteiger charge is -2.20. The molecule has 0 aliphatic carbocycles. The van der Waals surface area contributed by atoms with Gasteiger partial charge in [0.1, 0.15) is 12.3 Å². The summed E-state index contributed by atoms with van der Waals surface area (Å²) in [6.45, 7) is 6.24. The molecule has 1 heterocycles. The number of guanidine groups is 1. The van der Waals surface area contributed by atoms with Gasteiger partial charge in [-0.05, 0) is 32.9 Å². The van der Waals surface area contributed by atoms with Crippen molar-refractivity contribution in [3.05, 3.63) is 24.2 Å². The van der Waals surface area contributed by atoms with Gasteiger partial charge in [-0.25, -0.2) is 4.99 Å². The van der Waals surface area contributed by atoms with E-state index in [-0.39, 0.29) is 47.9 Å². The smallest absolute Gasteiger partial charge is 0.242 e. The van der Waals surface area contributed by atoms with Gasteiger partial charge in [0.15, 0.2) is 5.96 Å². The topological polar surface area (TPSA) is 92.6 Å². The van der Waals surface area contributed by atoms with Gasteiger partial charge in [0.2, 0.25) is 5.91 Å². The summed E-state index contributed by atoms with van der Waals surface area (Å²) in [6, 6.07) is 3.56. The van der Waals surface area contributed by atoms with Crippen LogP contribution in [0.1, 0.15) is 26.5 Å². The highest BCUT2D eigenvalue weighted by molar-refractivity contribution is 14.0. The van der Waals surface area contributed by atoms with Crippen LogP contribution in [-0.2, 0) is 11.3 Å². The average molecular weight is 380 g/mol. The fourth-order valence-corrected chi connectivity index (χ4v) is 1.24. The predicted molar refractivity (Wildman–Crippen MR) is 85.3 cm³/mol. The fraction of sp³-hybridized carbons (Fsp3) is 0.500. The van der Waals surface area contributed by atoms with Crippen molar-refractivity contribution in [2.24, 2.45) is 10.7 Å². The largest absolute Gasteiger partial charge is 0.467 e. The molecule has 7 heteroatoms. The second kappa shape index (κ2) is 8.03. The van der Waals surface area contributed by atoms with Crippen molar-refractivity contribution in [2.75, 3.05) is 6.54 Å². The van der Waals surface area contributed by atoms with E-state index in [1.54, 1.807) is 18.4 Å². The molecule has 19 heavy (non-hydrogen) atoms. The molecule has 1 aromatic heterocycles. The molecule has 0 bridgehead atoms. The van der Waals surface area contributed by atoms with Gasteiger partial charge >= 0.3 is 0 Å². The summed E-state index contributed by atoms with van der Waals surface area (Å²) in [7, 11) is 0. The molecule has 6 nitrogen and oxygen atoms in total. The molecule has 0 fully saturated rings. The first-order chi connectivity index (χ1) is 8.37. The summed E-state index contributed by atoms with van der Waals surface area (Å²) in [6.07, 6.45) is 1.56. The Morgan fingerprint density at radius 3 is 2.68 bits per heavy atom. The average Bonchev–Trinajstić information content (AvgIpc) is 2.74. The van der Waals surface area contributed by atoms with Gasteiger partial charge in [0.25, 0.3) is 0 Å². The first kappa shape index (κ1) is 17.8. The third-order valence-corrected chi connectivity index (χ3v) is 1.94. The quantitative estimate of drug-likeness (QED) is 0.416. The Labute approximate surface area is 130 Å². The summed E-state index contributed by atoms with van der Waals surface area (Å²) in [5, 5.41) is 5.65. The van der Waals surface area contributed by atoms with Crippen molar-refractivity contribution in [1.82, 2.24) is 10.6 Å². The second-order valence-electron chi connectivity index (χ2n) is 4.93. The van der Waals surface area contributed by atoms with Crippen molar-refractivity contribution in [3.63, 3.8) is 0 Å². The molecule has 0 radical (unpaired) electrons. The molecule has 0 spiro atoms. The number of nitrogens with zero attached hydrogens (tertiary/aromatic N) is 1. The Balaban J connectivity index is 0.00000324. The van der Waals surface area contributed by atoms with E-state index in [9.17, 15) is 4.79 Å². The number of nitrogens with two attached hydrogens (primary N) is 1. The van der Waals surface area contributed by atoms with Gasteiger partial charge in [0.05, 0.1) is 12.8 Å². The van der Waals surface area contributed by atoms with E-state index < -0.39 is 0 Å². The summed E-state index contributed by atoms with van der Waals surface area (Å²) < 4.78 is 5.09. The van der Waals surface area contributed by atoms with Gasteiger partial charge in [-0.15, -0.1) is 24.0 Å². The monoisotopic (exact) mass is 380 g/mol. The maximum Gasteiger partial charge on any atom is 0.242 e. The highest BCUT2D eigenvalue weighted by atomic mass is 127. The van der Waals surface area contributed by atoms with Gasteiger partial charge in [-0.3, -0.25) is 4.79 Å². The Bertz CT molecular complexity index is 410. The molecular formula is C12H21IN4O2. The first-order valence-corrected chi connectivity index (χ1v) is 5.74. The Kier molecular flexibility index (Phi) is 7.50. The van der Waals surface area contributed by atoms with Crippen LogP contribution < -0.4 is 16.4 Å². The van der Waals surface area contributed by atoms with Crippen LogP contribution in [0, 0.1) is 0 Å². The molecular weight excluding hydrogens is 359 g/mol. The molecule has 0 aromatic carbocycles. The molecule has 1 amide bonds. The fourth-order valence-electron chi connectivity index (χ4n) is 1.24. The van der Waals surface area contributed by atoms with Crippen LogP contribution in [-0.4, -0.2) is 24.0 Å². The molecule has 0 aliphatic rings. The van der Waals surface area contributed by atoms with E-state index in [1.807, 2.05) is 20.8 Å². The molecule has 4 N–H and O–H groups in total. The maximum absolute atomic E-state index is 11.5. The van der Waals surface area contributed by atoms with Gasteiger partial charge in [-0.2, -0.15) is 0 Å². The number of hydrogen-bond acceptors (Lipinski definition) is 3. The maximum atomic E-state index is 11.5. The van der Waals surface area contributed by atoms with Crippen molar-refractivity contribution in [1.29, 1.82) is 0 Å². The standard InChI is InChI=1S/C12H20N4O2.HI/c1-12(2,3)16-11(13)15-8-10(17)14-7-9-5-4-6-18-9;/h4-6H,7-8H2,1-3H3,(H,14,17)(H3,13,15,16);1H. The number of halogens is 1. The van der Waals surface area contributed by atoms with Crippen LogP contribution in [0.2, 0.25) is 0 Å². The molecule has 0 aliphatic heterocycles. The highest BCUT2D eigenvalue weighted by Crippen LogP contribution is 1.98. The zero-order valence-corrected chi connectivity index (χ0v) is 13.7. The van der Waals surface area contributed by atoms with E-state index in [0.29, 0.717) is 12.3 Å².